The maximum absolute atomic E-state index is 12.9. The zero-order valence-electron chi connectivity index (χ0n) is 21.6. The number of methoxy groups -OCH3 is 1. The molecule has 40 heavy (non-hydrogen) atoms. The van der Waals surface area contributed by atoms with E-state index < -0.39 is 10.8 Å². The Labute approximate surface area is 244 Å². The van der Waals surface area contributed by atoms with Gasteiger partial charge >= 0.3 is 0 Å². The van der Waals surface area contributed by atoms with Gasteiger partial charge in [-0.25, -0.2) is 0 Å². The number of nitrogens with zero attached hydrogens (tertiary/aromatic N) is 2. The Morgan fingerprint density at radius 1 is 1.10 bits per heavy atom. The molecule has 0 aliphatic carbocycles. The van der Waals surface area contributed by atoms with E-state index in [-0.39, 0.29) is 22.7 Å². The molecule has 0 radical (unpaired) electrons. The highest BCUT2D eigenvalue weighted by molar-refractivity contribution is 14.1. The van der Waals surface area contributed by atoms with Crippen LogP contribution in [0.3, 0.4) is 0 Å². The highest BCUT2D eigenvalue weighted by Gasteiger charge is 2.20. The van der Waals surface area contributed by atoms with Crippen molar-refractivity contribution in [3.05, 3.63) is 103 Å². The fourth-order valence-electron chi connectivity index (χ4n) is 4.04. The van der Waals surface area contributed by atoms with Gasteiger partial charge in [0.1, 0.15) is 29.7 Å². The molecule has 0 fully saturated rings. The summed E-state index contributed by atoms with van der Waals surface area (Å²) in [5, 5.41) is 25.8. The van der Waals surface area contributed by atoms with Crippen LogP contribution in [0.2, 0.25) is 0 Å². The number of halogens is 1. The van der Waals surface area contributed by atoms with E-state index in [2.05, 4.69) is 27.9 Å². The molecular weight excluding hydrogens is 625 g/mol. The van der Waals surface area contributed by atoms with Gasteiger partial charge in [0, 0.05) is 0 Å². The van der Waals surface area contributed by atoms with Gasteiger partial charge < -0.3 is 19.5 Å². The minimum atomic E-state index is -0.792. The molecule has 4 rings (SSSR count). The summed E-state index contributed by atoms with van der Waals surface area (Å²) >= 11 is 2.12. The number of carbonyl (C=O) groups is 1. The Bertz CT molecular complexity index is 1660. The van der Waals surface area contributed by atoms with Crippen LogP contribution in [0.15, 0.2) is 78.4 Å². The van der Waals surface area contributed by atoms with Crippen molar-refractivity contribution in [2.45, 2.75) is 13.5 Å². The number of carbonyl (C=O) groups excluding carboxylic acids is 1. The molecule has 0 heterocycles. The van der Waals surface area contributed by atoms with Crippen LogP contribution in [0.4, 0.5) is 11.4 Å². The van der Waals surface area contributed by atoms with Crippen molar-refractivity contribution in [3.8, 4) is 23.3 Å². The molecule has 0 aliphatic heterocycles. The van der Waals surface area contributed by atoms with Gasteiger partial charge in [-0.3, -0.25) is 14.9 Å². The molecule has 0 unspecified atom stereocenters. The second kappa shape index (κ2) is 12.9. The maximum Gasteiger partial charge on any atom is 0.296 e. The molecule has 202 valence electrons. The van der Waals surface area contributed by atoms with Crippen LogP contribution in [-0.2, 0) is 11.4 Å². The first-order valence-electron chi connectivity index (χ1n) is 12.2. The number of nitrogens with one attached hydrogen (secondary N) is 1. The largest absolute Gasteiger partial charge is 0.496 e. The third-order valence-corrected chi connectivity index (χ3v) is 6.71. The first-order chi connectivity index (χ1) is 19.3. The Hall–Kier alpha value is -4.63. The zero-order valence-corrected chi connectivity index (χ0v) is 23.8. The number of fused-ring (bicyclic) bond motifs is 1. The number of hydrogen-bond donors (Lipinski definition) is 1. The molecule has 9 nitrogen and oxygen atoms in total. The van der Waals surface area contributed by atoms with E-state index in [0.29, 0.717) is 30.3 Å². The van der Waals surface area contributed by atoms with E-state index in [0.717, 1.165) is 19.9 Å². The van der Waals surface area contributed by atoms with Gasteiger partial charge in [0.25, 0.3) is 11.6 Å². The summed E-state index contributed by atoms with van der Waals surface area (Å²) in [4.78, 5) is 23.7. The summed E-state index contributed by atoms with van der Waals surface area (Å²) in [5.74, 6) is 0.482. The third kappa shape index (κ3) is 6.50. The number of nitro groups is 1. The normalized spacial score (nSPS) is 11.0. The summed E-state index contributed by atoms with van der Waals surface area (Å²) in [6.45, 7) is 2.54. The third-order valence-electron chi connectivity index (χ3n) is 5.91. The SMILES string of the molecule is CCOc1cc(/C=C(\C#N)C(=O)Nc2ccc(OC)cc2[N+](=O)[O-])cc(I)c1OCc1cccc2ccccc12. The van der Waals surface area contributed by atoms with Crippen LogP contribution < -0.4 is 19.5 Å². The predicted molar refractivity (Wildman–Crippen MR) is 160 cm³/mol. The number of hydrogen-bond acceptors (Lipinski definition) is 7. The molecule has 0 atom stereocenters. The molecule has 1 amide bonds. The smallest absolute Gasteiger partial charge is 0.296 e. The van der Waals surface area contributed by atoms with Gasteiger partial charge in [-0.1, -0.05) is 42.5 Å². The minimum absolute atomic E-state index is 0.0567. The zero-order chi connectivity index (χ0) is 28.6. The van der Waals surface area contributed by atoms with Gasteiger partial charge in [0.15, 0.2) is 11.5 Å². The Kier molecular flexibility index (Phi) is 9.19. The van der Waals surface area contributed by atoms with Crippen molar-refractivity contribution in [1.82, 2.24) is 0 Å². The first kappa shape index (κ1) is 28.4. The minimum Gasteiger partial charge on any atom is -0.496 e. The average Bonchev–Trinajstić information content (AvgIpc) is 2.95. The van der Waals surface area contributed by atoms with E-state index in [9.17, 15) is 20.2 Å². The van der Waals surface area contributed by atoms with Crippen molar-refractivity contribution in [1.29, 1.82) is 5.26 Å². The second-order valence-electron chi connectivity index (χ2n) is 8.45. The van der Waals surface area contributed by atoms with E-state index in [1.807, 2.05) is 55.5 Å². The molecular formula is C30H24IN3O6. The Morgan fingerprint density at radius 3 is 2.60 bits per heavy atom. The average molecular weight is 649 g/mol. The Morgan fingerprint density at radius 2 is 1.88 bits per heavy atom. The quantitative estimate of drug-likeness (QED) is 0.0653. The van der Waals surface area contributed by atoms with Crippen LogP contribution in [0, 0.1) is 25.0 Å². The number of ether oxygens (including phenoxy) is 3. The molecule has 4 aromatic rings. The van der Waals surface area contributed by atoms with Gasteiger partial charge in [-0.05, 0) is 81.8 Å². The van der Waals surface area contributed by atoms with Gasteiger partial charge in [-0.15, -0.1) is 0 Å². The highest BCUT2D eigenvalue weighted by Crippen LogP contribution is 2.36. The van der Waals surface area contributed by atoms with E-state index in [1.54, 1.807) is 12.1 Å². The van der Waals surface area contributed by atoms with E-state index >= 15 is 0 Å². The predicted octanol–water partition coefficient (Wildman–Crippen LogP) is 6.88. The van der Waals surface area contributed by atoms with Gasteiger partial charge in [-0.2, -0.15) is 5.26 Å². The molecule has 0 bridgehead atoms. The monoisotopic (exact) mass is 649 g/mol. The summed E-state index contributed by atoms with van der Waals surface area (Å²) < 4.78 is 17.8. The number of nitriles is 1. The highest BCUT2D eigenvalue weighted by atomic mass is 127. The number of benzene rings is 4. The van der Waals surface area contributed by atoms with Crippen molar-refractivity contribution in [3.63, 3.8) is 0 Å². The Balaban J connectivity index is 1.60. The van der Waals surface area contributed by atoms with Crippen molar-refractivity contribution >= 4 is 56.7 Å². The van der Waals surface area contributed by atoms with Crippen LogP contribution >= 0.6 is 22.6 Å². The number of amides is 1. The second-order valence-corrected chi connectivity index (χ2v) is 9.62. The van der Waals surface area contributed by atoms with Crippen LogP contribution in [0.5, 0.6) is 17.2 Å². The summed E-state index contributed by atoms with van der Waals surface area (Å²) in [6, 6.07) is 23.5. The molecule has 1 N–H and O–H groups in total. The molecule has 0 spiro atoms. The summed E-state index contributed by atoms with van der Waals surface area (Å²) in [6.07, 6.45) is 1.39. The van der Waals surface area contributed by atoms with Crippen molar-refractivity contribution in [2.24, 2.45) is 0 Å². The standard InChI is InChI=1S/C30H24IN3O6/c1-3-39-28-15-19(13-22(17-32)30(35)33-26-12-11-23(38-2)16-27(26)34(36)37)14-25(31)29(28)40-18-21-9-6-8-20-7-4-5-10-24(20)21/h4-16H,3,18H2,1-2H3,(H,33,35)/b22-13+. The van der Waals surface area contributed by atoms with Gasteiger partial charge in [0.05, 0.1) is 28.3 Å². The summed E-state index contributed by atoms with van der Waals surface area (Å²) in [5.41, 5.74) is 0.898. The van der Waals surface area contributed by atoms with Gasteiger partial charge in [0.2, 0.25) is 0 Å². The lowest BCUT2D eigenvalue weighted by molar-refractivity contribution is -0.384. The molecule has 0 saturated carbocycles. The first-order valence-corrected chi connectivity index (χ1v) is 13.2. The number of rotatable bonds is 10. The molecule has 0 saturated heterocycles. The number of anilines is 1. The molecule has 4 aromatic carbocycles. The fraction of sp³-hybridized carbons (Fsp3) is 0.133. The van der Waals surface area contributed by atoms with Crippen molar-refractivity contribution < 1.29 is 23.9 Å². The van der Waals surface area contributed by atoms with Crippen LogP contribution in [0.25, 0.3) is 16.8 Å². The molecule has 0 aromatic heterocycles. The van der Waals surface area contributed by atoms with Crippen LogP contribution in [0.1, 0.15) is 18.1 Å². The lowest BCUT2D eigenvalue weighted by Gasteiger charge is -2.16. The lowest BCUT2D eigenvalue weighted by atomic mass is 10.1. The van der Waals surface area contributed by atoms with E-state index in [4.69, 9.17) is 14.2 Å². The van der Waals surface area contributed by atoms with E-state index in [1.165, 1.54) is 31.4 Å². The molecule has 0 aliphatic rings. The lowest BCUT2D eigenvalue weighted by Crippen LogP contribution is -2.14. The fourth-order valence-corrected chi connectivity index (χ4v) is 4.82. The van der Waals surface area contributed by atoms with Crippen molar-refractivity contribution in [2.75, 3.05) is 19.0 Å². The summed E-state index contributed by atoms with van der Waals surface area (Å²) in [7, 11) is 1.38. The maximum atomic E-state index is 12.9. The topological polar surface area (TPSA) is 124 Å². The molecule has 10 heteroatoms. The number of nitro benzene ring substituents is 1. The van der Waals surface area contributed by atoms with Crippen LogP contribution in [-0.4, -0.2) is 24.5 Å².